The SMILES string of the molecule is O=C(CN1CCC[C@@H]1Cc1c(C(=O)O)sc2ccccc12)Nc1ccc2c(c1)OCCCO2. The highest BCUT2D eigenvalue weighted by atomic mass is 32.1. The number of rotatable bonds is 6. The summed E-state index contributed by atoms with van der Waals surface area (Å²) in [6, 6.07) is 13.4. The van der Waals surface area contributed by atoms with E-state index >= 15 is 0 Å². The number of carboxylic acids is 1. The Morgan fingerprint density at radius 3 is 2.76 bits per heavy atom. The molecule has 2 aliphatic rings. The van der Waals surface area contributed by atoms with E-state index in [9.17, 15) is 14.7 Å². The van der Waals surface area contributed by atoms with Gasteiger partial charge in [-0.05, 0) is 55.0 Å². The van der Waals surface area contributed by atoms with Crippen LogP contribution in [0.4, 0.5) is 5.69 Å². The number of ether oxygens (including phenoxy) is 2. The molecule has 0 spiro atoms. The van der Waals surface area contributed by atoms with Crippen LogP contribution < -0.4 is 14.8 Å². The number of likely N-dealkylation sites (tertiary alicyclic amines) is 1. The monoisotopic (exact) mass is 466 g/mol. The summed E-state index contributed by atoms with van der Waals surface area (Å²) in [7, 11) is 0. The number of carbonyl (C=O) groups excluding carboxylic acids is 1. The fraction of sp³-hybridized carbons (Fsp3) is 0.360. The highest BCUT2D eigenvalue weighted by Gasteiger charge is 2.29. The van der Waals surface area contributed by atoms with Crippen molar-refractivity contribution in [3.05, 3.63) is 52.9 Å². The number of nitrogens with one attached hydrogen (secondary N) is 1. The summed E-state index contributed by atoms with van der Waals surface area (Å²) >= 11 is 1.33. The van der Waals surface area contributed by atoms with Gasteiger partial charge in [-0.1, -0.05) is 18.2 Å². The predicted octanol–water partition coefficient (Wildman–Crippen LogP) is 4.41. The van der Waals surface area contributed by atoms with Crippen molar-refractivity contribution >= 4 is 39.0 Å². The third kappa shape index (κ3) is 4.67. The normalized spacial score (nSPS) is 18.2. The van der Waals surface area contributed by atoms with Crippen molar-refractivity contribution in [1.29, 1.82) is 0 Å². The summed E-state index contributed by atoms with van der Waals surface area (Å²) in [4.78, 5) is 27.3. The summed E-state index contributed by atoms with van der Waals surface area (Å²) in [5.41, 5.74) is 1.56. The molecule has 1 amide bonds. The molecule has 7 nitrogen and oxygen atoms in total. The van der Waals surface area contributed by atoms with Crippen LogP contribution >= 0.6 is 11.3 Å². The second-order valence-electron chi connectivity index (χ2n) is 8.44. The van der Waals surface area contributed by atoms with Gasteiger partial charge in [0.05, 0.1) is 19.8 Å². The van der Waals surface area contributed by atoms with Gasteiger partial charge in [0, 0.05) is 28.9 Å². The molecule has 3 aromatic rings. The van der Waals surface area contributed by atoms with Gasteiger partial charge in [0.2, 0.25) is 5.91 Å². The zero-order valence-corrected chi connectivity index (χ0v) is 19.0. The Bertz CT molecular complexity index is 1190. The molecule has 5 rings (SSSR count). The number of carbonyl (C=O) groups is 2. The molecular weight excluding hydrogens is 440 g/mol. The van der Waals surface area contributed by atoms with Crippen LogP contribution in [0.2, 0.25) is 0 Å². The Hall–Kier alpha value is -3.10. The van der Waals surface area contributed by atoms with E-state index in [0.29, 0.717) is 41.7 Å². The van der Waals surface area contributed by atoms with Crippen molar-refractivity contribution in [3.8, 4) is 11.5 Å². The summed E-state index contributed by atoms with van der Waals surface area (Å²) < 4.78 is 12.3. The van der Waals surface area contributed by atoms with E-state index in [2.05, 4.69) is 10.2 Å². The van der Waals surface area contributed by atoms with Crippen LogP contribution in [-0.4, -0.2) is 54.2 Å². The number of thiophene rings is 1. The Labute approximate surface area is 195 Å². The first-order valence-corrected chi connectivity index (χ1v) is 12.1. The molecule has 1 fully saturated rings. The van der Waals surface area contributed by atoms with Crippen molar-refractivity contribution in [2.24, 2.45) is 0 Å². The van der Waals surface area contributed by atoms with Crippen LogP contribution in [0.5, 0.6) is 11.5 Å². The van der Waals surface area contributed by atoms with Crippen LogP contribution in [0.15, 0.2) is 42.5 Å². The Morgan fingerprint density at radius 1 is 1.09 bits per heavy atom. The van der Waals surface area contributed by atoms with Gasteiger partial charge in [-0.15, -0.1) is 11.3 Å². The van der Waals surface area contributed by atoms with Gasteiger partial charge in [0.15, 0.2) is 11.5 Å². The van der Waals surface area contributed by atoms with Gasteiger partial charge in [-0.3, -0.25) is 9.69 Å². The van der Waals surface area contributed by atoms with Crippen LogP contribution in [0.3, 0.4) is 0 Å². The molecule has 2 aliphatic heterocycles. The summed E-state index contributed by atoms with van der Waals surface area (Å²) in [5, 5.41) is 13.7. The first kappa shape index (κ1) is 21.7. The number of carboxylic acid groups (broad SMARTS) is 1. The zero-order valence-electron chi connectivity index (χ0n) is 18.2. The van der Waals surface area contributed by atoms with E-state index < -0.39 is 5.97 Å². The second-order valence-corrected chi connectivity index (χ2v) is 9.49. The van der Waals surface area contributed by atoms with Gasteiger partial charge < -0.3 is 19.9 Å². The minimum absolute atomic E-state index is 0.0926. The molecule has 1 atom stereocenters. The maximum atomic E-state index is 12.8. The van der Waals surface area contributed by atoms with E-state index in [-0.39, 0.29) is 18.5 Å². The number of fused-ring (bicyclic) bond motifs is 2. The number of amides is 1. The standard InChI is InChI=1S/C25H26N2O5S/c28-23(26-16-8-9-20-21(13-16)32-12-4-11-31-20)15-27-10-3-5-17(27)14-19-18-6-1-2-7-22(18)33-24(19)25(29)30/h1-2,6-9,13,17H,3-5,10-12,14-15H2,(H,26,28)(H,29,30)/t17-/m1/s1. The van der Waals surface area contributed by atoms with E-state index in [1.54, 1.807) is 6.07 Å². The average molecular weight is 467 g/mol. The smallest absolute Gasteiger partial charge is 0.346 e. The molecule has 0 saturated carbocycles. The largest absolute Gasteiger partial charge is 0.490 e. The van der Waals surface area contributed by atoms with E-state index in [1.165, 1.54) is 11.3 Å². The van der Waals surface area contributed by atoms with Gasteiger partial charge in [-0.25, -0.2) is 4.79 Å². The lowest BCUT2D eigenvalue weighted by atomic mass is 10.0. The van der Waals surface area contributed by atoms with Crippen molar-refractivity contribution in [3.63, 3.8) is 0 Å². The lowest BCUT2D eigenvalue weighted by Crippen LogP contribution is -2.38. The molecule has 0 radical (unpaired) electrons. The number of nitrogens with zero attached hydrogens (tertiary/aromatic N) is 1. The molecule has 33 heavy (non-hydrogen) atoms. The topological polar surface area (TPSA) is 88.1 Å². The molecule has 0 aliphatic carbocycles. The Kier molecular flexibility index (Phi) is 6.20. The Balaban J connectivity index is 1.28. The van der Waals surface area contributed by atoms with Crippen LogP contribution in [0, 0.1) is 0 Å². The number of aromatic carboxylic acids is 1. The van der Waals surface area contributed by atoms with Crippen LogP contribution in [-0.2, 0) is 11.2 Å². The number of benzene rings is 2. The highest BCUT2D eigenvalue weighted by molar-refractivity contribution is 7.21. The van der Waals surface area contributed by atoms with Gasteiger partial charge in [0.25, 0.3) is 0 Å². The molecule has 0 bridgehead atoms. The van der Waals surface area contributed by atoms with Crippen LogP contribution in [0.25, 0.3) is 10.1 Å². The third-order valence-electron chi connectivity index (χ3n) is 6.21. The third-order valence-corrected chi connectivity index (χ3v) is 7.41. The summed E-state index contributed by atoms with van der Waals surface area (Å²) in [5.74, 6) is 0.366. The molecular formula is C25H26N2O5S. The van der Waals surface area contributed by atoms with E-state index in [4.69, 9.17) is 9.47 Å². The van der Waals surface area contributed by atoms with Gasteiger partial charge >= 0.3 is 5.97 Å². The summed E-state index contributed by atoms with van der Waals surface area (Å²) in [6.45, 7) is 2.31. The summed E-state index contributed by atoms with van der Waals surface area (Å²) in [6.07, 6.45) is 3.39. The van der Waals surface area contributed by atoms with Crippen molar-refractivity contribution in [1.82, 2.24) is 4.90 Å². The van der Waals surface area contributed by atoms with Gasteiger partial charge in [-0.2, -0.15) is 0 Å². The highest BCUT2D eigenvalue weighted by Crippen LogP contribution is 2.35. The number of anilines is 1. The number of hydrogen-bond donors (Lipinski definition) is 2. The quantitative estimate of drug-likeness (QED) is 0.560. The maximum Gasteiger partial charge on any atom is 0.346 e. The predicted molar refractivity (Wildman–Crippen MR) is 128 cm³/mol. The second kappa shape index (κ2) is 9.41. The first-order chi connectivity index (χ1) is 16.1. The van der Waals surface area contributed by atoms with Crippen molar-refractivity contribution in [2.75, 3.05) is 31.6 Å². The molecule has 3 heterocycles. The minimum Gasteiger partial charge on any atom is -0.490 e. The van der Waals surface area contributed by atoms with Crippen LogP contribution in [0.1, 0.15) is 34.5 Å². The Morgan fingerprint density at radius 2 is 1.91 bits per heavy atom. The lowest BCUT2D eigenvalue weighted by molar-refractivity contribution is -0.117. The molecule has 1 saturated heterocycles. The zero-order chi connectivity index (χ0) is 22.8. The maximum absolute atomic E-state index is 12.8. The first-order valence-electron chi connectivity index (χ1n) is 11.3. The molecule has 8 heteroatoms. The van der Waals surface area contributed by atoms with Crippen molar-refractivity contribution in [2.45, 2.75) is 31.7 Å². The fourth-order valence-corrected chi connectivity index (χ4v) is 5.74. The van der Waals surface area contributed by atoms with E-state index in [1.807, 2.05) is 36.4 Å². The average Bonchev–Trinajstić information content (AvgIpc) is 3.31. The molecule has 1 aromatic heterocycles. The molecule has 2 N–H and O–H groups in total. The minimum atomic E-state index is -0.886. The molecule has 2 aromatic carbocycles. The number of hydrogen-bond acceptors (Lipinski definition) is 6. The molecule has 172 valence electrons. The fourth-order valence-electron chi connectivity index (χ4n) is 4.67. The lowest BCUT2D eigenvalue weighted by Gasteiger charge is -2.24. The van der Waals surface area contributed by atoms with Crippen molar-refractivity contribution < 1.29 is 24.2 Å². The van der Waals surface area contributed by atoms with Gasteiger partial charge in [0.1, 0.15) is 4.88 Å². The van der Waals surface area contributed by atoms with E-state index in [0.717, 1.165) is 41.5 Å². The molecule has 0 unspecified atom stereocenters.